The summed E-state index contributed by atoms with van der Waals surface area (Å²) in [4.78, 5) is 30.5. The van der Waals surface area contributed by atoms with Crippen molar-refractivity contribution in [2.75, 3.05) is 20.2 Å². The number of para-hydroxylation sites is 1. The van der Waals surface area contributed by atoms with E-state index in [0.29, 0.717) is 19.0 Å². The van der Waals surface area contributed by atoms with Crippen LogP contribution in [-0.4, -0.2) is 47.9 Å². The molecular weight excluding hydrogens is 402 g/mol. The zero-order valence-corrected chi connectivity index (χ0v) is 18.5. The van der Waals surface area contributed by atoms with Gasteiger partial charge >= 0.3 is 0 Å². The van der Waals surface area contributed by atoms with Crippen molar-refractivity contribution in [3.63, 3.8) is 0 Å². The van der Waals surface area contributed by atoms with Crippen molar-refractivity contribution in [2.45, 2.75) is 31.7 Å². The Hall–Kier alpha value is -3.54. The second-order valence-corrected chi connectivity index (χ2v) is 8.25. The SMILES string of the molecule is COc1ccc(/C=C/C(=O)NC(C)C(=O)N2CCC(c3cc4ccccc4[nH]3)CC2)cc1. The molecule has 2 N–H and O–H groups in total. The number of nitrogens with one attached hydrogen (secondary N) is 2. The number of nitrogens with zero attached hydrogens (tertiary/aromatic N) is 1. The summed E-state index contributed by atoms with van der Waals surface area (Å²) in [5.74, 6) is 0.865. The van der Waals surface area contributed by atoms with Gasteiger partial charge in [0.25, 0.3) is 0 Å². The minimum absolute atomic E-state index is 0.0358. The monoisotopic (exact) mass is 431 g/mol. The molecule has 1 unspecified atom stereocenters. The largest absolute Gasteiger partial charge is 0.497 e. The van der Waals surface area contributed by atoms with Crippen LogP contribution in [0.15, 0.2) is 60.7 Å². The van der Waals surface area contributed by atoms with Crippen LogP contribution in [0.2, 0.25) is 0 Å². The van der Waals surface area contributed by atoms with Gasteiger partial charge in [-0.15, -0.1) is 0 Å². The quantitative estimate of drug-likeness (QED) is 0.577. The molecule has 0 radical (unpaired) electrons. The third kappa shape index (κ3) is 5.02. The van der Waals surface area contributed by atoms with Crippen LogP contribution in [-0.2, 0) is 9.59 Å². The number of H-pyrrole nitrogens is 1. The Morgan fingerprint density at radius 1 is 1.12 bits per heavy atom. The number of likely N-dealkylation sites (tertiary alicyclic amines) is 1. The first-order chi connectivity index (χ1) is 15.5. The first-order valence-electron chi connectivity index (χ1n) is 11.0. The average molecular weight is 432 g/mol. The standard InChI is InChI=1S/C26H29N3O3/c1-18(27-25(30)12-9-19-7-10-22(32-2)11-8-19)26(31)29-15-13-20(14-16-29)24-17-21-5-3-4-6-23(21)28-24/h3-12,17-18,20,28H,13-16H2,1-2H3,(H,27,30)/b12-9+. The maximum absolute atomic E-state index is 12.8. The molecular formula is C26H29N3O3. The average Bonchev–Trinajstić information content (AvgIpc) is 3.27. The molecule has 0 saturated carbocycles. The number of hydrogen-bond acceptors (Lipinski definition) is 3. The highest BCUT2D eigenvalue weighted by molar-refractivity contribution is 5.95. The van der Waals surface area contributed by atoms with Crippen molar-refractivity contribution in [1.82, 2.24) is 15.2 Å². The Balaban J connectivity index is 1.27. The molecule has 1 aliphatic rings. The summed E-state index contributed by atoms with van der Waals surface area (Å²) < 4.78 is 5.13. The highest BCUT2D eigenvalue weighted by Gasteiger charge is 2.27. The lowest BCUT2D eigenvalue weighted by Gasteiger charge is -2.33. The number of hydrogen-bond donors (Lipinski definition) is 2. The minimum atomic E-state index is -0.562. The normalized spacial score (nSPS) is 15.8. The number of ether oxygens (including phenoxy) is 1. The Kier molecular flexibility index (Phi) is 6.59. The van der Waals surface area contributed by atoms with E-state index >= 15 is 0 Å². The number of piperidine rings is 1. The lowest BCUT2D eigenvalue weighted by atomic mass is 9.93. The second-order valence-electron chi connectivity index (χ2n) is 8.25. The fourth-order valence-corrected chi connectivity index (χ4v) is 4.21. The third-order valence-electron chi connectivity index (χ3n) is 6.07. The van der Waals surface area contributed by atoms with Gasteiger partial charge in [0, 0.05) is 36.3 Å². The summed E-state index contributed by atoms with van der Waals surface area (Å²) in [6, 6.07) is 17.3. The van der Waals surface area contributed by atoms with Crippen LogP contribution in [0.4, 0.5) is 0 Å². The first kappa shape index (κ1) is 21.7. The van der Waals surface area contributed by atoms with Crippen LogP contribution in [0, 0.1) is 0 Å². The van der Waals surface area contributed by atoms with E-state index in [0.717, 1.165) is 29.7 Å². The fraction of sp³-hybridized carbons (Fsp3) is 0.308. The molecule has 4 rings (SSSR count). The Labute approximate surface area is 188 Å². The van der Waals surface area contributed by atoms with Gasteiger partial charge in [-0.25, -0.2) is 0 Å². The number of fused-ring (bicyclic) bond motifs is 1. The van der Waals surface area contributed by atoms with E-state index in [1.165, 1.54) is 17.2 Å². The van der Waals surface area contributed by atoms with Gasteiger partial charge in [0.1, 0.15) is 11.8 Å². The van der Waals surface area contributed by atoms with Crippen LogP contribution in [0.5, 0.6) is 5.75 Å². The lowest BCUT2D eigenvalue weighted by Crippen LogP contribution is -2.48. The molecule has 2 aromatic carbocycles. The maximum Gasteiger partial charge on any atom is 0.244 e. The molecule has 32 heavy (non-hydrogen) atoms. The van der Waals surface area contributed by atoms with Gasteiger partial charge in [0.15, 0.2) is 0 Å². The molecule has 6 heteroatoms. The van der Waals surface area contributed by atoms with Gasteiger partial charge in [-0.2, -0.15) is 0 Å². The van der Waals surface area contributed by atoms with Gasteiger partial charge in [0.2, 0.25) is 11.8 Å². The molecule has 1 aliphatic heterocycles. The number of aromatic amines is 1. The zero-order valence-electron chi connectivity index (χ0n) is 18.5. The highest BCUT2D eigenvalue weighted by Crippen LogP contribution is 2.30. The van der Waals surface area contributed by atoms with E-state index < -0.39 is 6.04 Å². The Morgan fingerprint density at radius 3 is 2.53 bits per heavy atom. The molecule has 1 aromatic heterocycles. The first-order valence-corrected chi connectivity index (χ1v) is 11.0. The summed E-state index contributed by atoms with van der Waals surface area (Å²) in [6.45, 7) is 3.13. The predicted octanol–water partition coefficient (Wildman–Crippen LogP) is 4.10. The van der Waals surface area contributed by atoms with Crippen molar-refractivity contribution in [3.8, 4) is 5.75 Å². The number of carbonyl (C=O) groups is 2. The van der Waals surface area contributed by atoms with Crippen molar-refractivity contribution < 1.29 is 14.3 Å². The van der Waals surface area contributed by atoms with E-state index in [1.54, 1.807) is 20.1 Å². The van der Waals surface area contributed by atoms with Crippen LogP contribution < -0.4 is 10.1 Å². The van der Waals surface area contributed by atoms with Gasteiger partial charge in [0.05, 0.1) is 7.11 Å². The Bertz CT molecular complexity index is 1080. The molecule has 2 amide bonds. The van der Waals surface area contributed by atoms with Crippen molar-refractivity contribution in [2.24, 2.45) is 0 Å². The number of rotatable bonds is 6. The topological polar surface area (TPSA) is 74.4 Å². The van der Waals surface area contributed by atoms with Crippen LogP contribution in [0.3, 0.4) is 0 Å². The minimum Gasteiger partial charge on any atom is -0.497 e. The number of carbonyl (C=O) groups excluding carboxylic acids is 2. The summed E-state index contributed by atoms with van der Waals surface area (Å²) in [7, 11) is 1.61. The molecule has 0 bridgehead atoms. The molecule has 166 valence electrons. The molecule has 1 saturated heterocycles. The summed E-state index contributed by atoms with van der Waals surface area (Å²) in [6.07, 6.45) is 5.00. The van der Waals surface area contributed by atoms with E-state index in [2.05, 4.69) is 28.5 Å². The zero-order chi connectivity index (χ0) is 22.5. The molecule has 3 aromatic rings. The summed E-state index contributed by atoms with van der Waals surface area (Å²) >= 11 is 0. The van der Waals surface area contributed by atoms with Crippen molar-refractivity contribution in [1.29, 1.82) is 0 Å². The van der Waals surface area contributed by atoms with Crippen molar-refractivity contribution in [3.05, 3.63) is 71.9 Å². The van der Waals surface area contributed by atoms with Gasteiger partial charge < -0.3 is 19.9 Å². The van der Waals surface area contributed by atoms with E-state index in [-0.39, 0.29) is 11.8 Å². The fourth-order valence-electron chi connectivity index (χ4n) is 4.21. The number of aromatic nitrogens is 1. The molecule has 6 nitrogen and oxygen atoms in total. The van der Waals surface area contributed by atoms with Crippen LogP contribution in [0.25, 0.3) is 17.0 Å². The molecule has 0 aliphatic carbocycles. The van der Waals surface area contributed by atoms with E-state index in [9.17, 15) is 9.59 Å². The van der Waals surface area contributed by atoms with Crippen LogP contribution >= 0.6 is 0 Å². The van der Waals surface area contributed by atoms with E-state index in [4.69, 9.17) is 4.74 Å². The summed E-state index contributed by atoms with van der Waals surface area (Å²) in [5, 5.41) is 4.00. The summed E-state index contributed by atoms with van der Waals surface area (Å²) in [5.41, 5.74) is 3.28. The number of amides is 2. The number of methoxy groups -OCH3 is 1. The molecule has 1 fully saturated rings. The number of benzene rings is 2. The molecule has 1 atom stereocenters. The Morgan fingerprint density at radius 2 is 1.84 bits per heavy atom. The van der Waals surface area contributed by atoms with Gasteiger partial charge in [-0.05, 0) is 61.1 Å². The molecule has 0 spiro atoms. The van der Waals surface area contributed by atoms with Crippen LogP contribution in [0.1, 0.15) is 36.9 Å². The predicted molar refractivity (Wildman–Crippen MR) is 126 cm³/mol. The van der Waals surface area contributed by atoms with Gasteiger partial charge in [-0.3, -0.25) is 9.59 Å². The van der Waals surface area contributed by atoms with Gasteiger partial charge in [-0.1, -0.05) is 30.3 Å². The van der Waals surface area contributed by atoms with Crippen molar-refractivity contribution >= 4 is 28.8 Å². The second kappa shape index (κ2) is 9.73. The molecule has 2 heterocycles. The third-order valence-corrected chi connectivity index (χ3v) is 6.07. The lowest BCUT2D eigenvalue weighted by molar-refractivity contribution is -0.136. The van der Waals surface area contributed by atoms with E-state index in [1.807, 2.05) is 41.3 Å². The highest BCUT2D eigenvalue weighted by atomic mass is 16.5. The smallest absolute Gasteiger partial charge is 0.244 e. The maximum atomic E-state index is 12.8.